The third kappa shape index (κ3) is 4.47. The molecule has 0 fully saturated rings. The van der Waals surface area contributed by atoms with Gasteiger partial charge in [0.1, 0.15) is 16.8 Å². The zero-order valence-corrected chi connectivity index (χ0v) is 14.1. The lowest BCUT2D eigenvalue weighted by molar-refractivity contribution is 0.819. The molecule has 1 aromatic carbocycles. The number of nitrogens with one attached hydrogen (secondary N) is 1. The molecule has 1 aromatic heterocycles. The zero-order chi connectivity index (χ0) is 15.4. The summed E-state index contributed by atoms with van der Waals surface area (Å²) in [6, 6.07) is 7.14. The molecule has 2 aromatic rings. The van der Waals surface area contributed by atoms with Crippen molar-refractivity contribution in [2.45, 2.75) is 32.7 Å². The van der Waals surface area contributed by atoms with Gasteiger partial charge in [0.25, 0.3) is 0 Å². The molecule has 0 aliphatic heterocycles. The number of hydrogen-bond acceptors (Lipinski definition) is 3. The molecule has 0 spiro atoms. The minimum absolute atomic E-state index is 0.0183. The number of anilines is 1. The van der Waals surface area contributed by atoms with Crippen LogP contribution in [-0.4, -0.2) is 9.97 Å². The first-order valence-electron chi connectivity index (χ1n) is 6.74. The fraction of sp³-hybridized carbons (Fsp3) is 0.333. The summed E-state index contributed by atoms with van der Waals surface area (Å²) in [6.45, 7) is 4.08. The molecule has 1 atom stereocenters. The summed E-state index contributed by atoms with van der Waals surface area (Å²) < 4.78 is 0. The van der Waals surface area contributed by atoms with Gasteiger partial charge >= 0.3 is 0 Å². The lowest BCUT2D eigenvalue weighted by Gasteiger charge is -2.17. The van der Waals surface area contributed by atoms with Crippen LogP contribution in [0.1, 0.15) is 37.7 Å². The van der Waals surface area contributed by atoms with E-state index in [1.165, 1.54) is 0 Å². The zero-order valence-electron chi connectivity index (χ0n) is 11.8. The fourth-order valence-corrected chi connectivity index (χ4v) is 2.80. The lowest BCUT2D eigenvalue weighted by Crippen LogP contribution is -2.10. The average Bonchev–Trinajstić information content (AvgIpc) is 2.37. The second kappa shape index (κ2) is 7.30. The highest BCUT2D eigenvalue weighted by Gasteiger charge is 2.12. The van der Waals surface area contributed by atoms with Gasteiger partial charge in [-0.25, -0.2) is 9.97 Å². The minimum Gasteiger partial charge on any atom is -0.363 e. The van der Waals surface area contributed by atoms with Crippen molar-refractivity contribution in [3.05, 3.63) is 50.9 Å². The molecule has 21 heavy (non-hydrogen) atoms. The maximum absolute atomic E-state index is 6.22. The van der Waals surface area contributed by atoms with Crippen LogP contribution in [0.25, 0.3) is 0 Å². The Bertz CT molecular complexity index is 632. The summed E-state index contributed by atoms with van der Waals surface area (Å²) in [6.07, 6.45) is 1.77. The van der Waals surface area contributed by atoms with Gasteiger partial charge in [0.15, 0.2) is 0 Å². The van der Waals surface area contributed by atoms with Gasteiger partial charge < -0.3 is 5.32 Å². The van der Waals surface area contributed by atoms with Gasteiger partial charge in [0.2, 0.25) is 0 Å². The van der Waals surface area contributed by atoms with Crippen LogP contribution in [0.2, 0.25) is 15.2 Å². The van der Waals surface area contributed by atoms with Crippen LogP contribution in [0.15, 0.2) is 24.3 Å². The van der Waals surface area contributed by atoms with Crippen LogP contribution in [0.3, 0.4) is 0 Å². The molecular formula is C15H16Cl3N3. The molecule has 2 rings (SSSR count). The average molecular weight is 345 g/mol. The van der Waals surface area contributed by atoms with E-state index in [1.54, 1.807) is 12.1 Å². The lowest BCUT2D eigenvalue weighted by atomic mass is 10.1. The maximum Gasteiger partial charge on any atom is 0.134 e. The Kier molecular flexibility index (Phi) is 5.68. The van der Waals surface area contributed by atoms with E-state index in [4.69, 9.17) is 34.8 Å². The predicted molar refractivity (Wildman–Crippen MR) is 89.5 cm³/mol. The second-order valence-electron chi connectivity index (χ2n) is 4.77. The Balaban J connectivity index is 2.20. The monoisotopic (exact) mass is 343 g/mol. The number of rotatable bonds is 5. The molecule has 0 aliphatic rings. The largest absolute Gasteiger partial charge is 0.363 e. The number of benzene rings is 1. The van der Waals surface area contributed by atoms with Crippen molar-refractivity contribution >= 4 is 40.6 Å². The van der Waals surface area contributed by atoms with Crippen molar-refractivity contribution in [2.75, 3.05) is 5.32 Å². The molecule has 0 saturated carbocycles. The molecular weight excluding hydrogens is 329 g/mol. The molecule has 1 heterocycles. The standard InChI is InChI=1S/C15H16Cl3N3/c1-3-4-14-20-13(18)8-15(21-14)19-9(2)11-6-5-10(16)7-12(11)17/h5-9H,3-4H2,1-2H3,(H,19,20,21). The number of halogens is 3. The molecule has 0 radical (unpaired) electrons. The normalized spacial score (nSPS) is 12.2. The first kappa shape index (κ1) is 16.3. The minimum atomic E-state index is -0.0183. The summed E-state index contributed by atoms with van der Waals surface area (Å²) in [5.74, 6) is 1.43. The number of aromatic nitrogens is 2. The van der Waals surface area contributed by atoms with Crippen molar-refractivity contribution in [1.82, 2.24) is 9.97 Å². The van der Waals surface area contributed by atoms with E-state index < -0.39 is 0 Å². The van der Waals surface area contributed by atoms with E-state index >= 15 is 0 Å². The summed E-state index contributed by atoms with van der Waals surface area (Å²) >= 11 is 18.2. The molecule has 1 unspecified atom stereocenters. The van der Waals surface area contributed by atoms with Crippen LogP contribution in [0.4, 0.5) is 5.82 Å². The Labute approximate surface area is 139 Å². The van der Waals surface area contributed by atoms with Gasteiger partial charge in [-0.3, -0.25) is 0 Å². The molecule has 6 heteroatoms. The third-order valence-corrected chi connectivity index (χ3v) is 3.76. The van der Waals surface area contributed by atoms with Gasteiger partial charge in [0, 0.05) is 22.5 Å². The second-order valence-corrected chi connectivity index (χ2v) is 6.00. The Hall–Kier alpha value is -1.03. The Morgan fingerprint density at radius 1 is 1.14 bits per heavy atom. The molecule has 0 amide bonds. The first-order valence-corrected chi connectivity index (χ1v) is 7.88. The Morgan fingerprint density at radius 2 is 1.90 bits per heavy atom. The topological polar surface area (TPSA) is 37.8 Å². The molecule has 0 saturated heterocycles. The summed E-state index contributed by atoms with van der Waals surface area (Å²) in [5, 5.41) is 4.97. The number of aryl methyl sites for hydroxylation is 1. The van der Waals surface area contributed by atoms with Gasteiger partial charge in [-0.1, -0.05) is 47.8 Å². The summed E-state index contributed by atoms with van der Waals surface area (Å²) in [4.78, 5) is 8.66. The van der Waals surface area contributed by atoms with Crippen LogP contribution >= 0.6 is 34.8 Å². The highest BCUT2D eigenvalue weighted by Crippen LogP contribution is 2.28. The number of nitrogens with zero attached hydrogens (tertiary/aromatic N) is 2. The molecule has 1 N–H and O–H groups in total. The Morgan fingerprint density at radius 3 is 2.57 bits per heavy atom. The van der Waals surface area contributed by atoms with Crippen molar-refractivity contribution in [2.24, 2.45) is 0 Å². The van der Waals surface area contributed by atoms with Crippen LogP contribution in [-0.2, 0) is 6.42 Å². The predicted octanol–water partition coefficient (Wildman–Crippen LogP) is 5.56. The molecule has 112 valence electrons. The highest BCUT2D eigenvalue weighted by molar-refractivity contribution is 6.35. The smallest absolute Gasteiger partial charge is 0.134 e. The molecule has 0 bridgehead atoms. The quantitative estimate of drug-likeness (QED) is 0.721. The van der Waals surface area contributed by atoms with Crippen LogP contribution in [0, 0.1) is 0 Å². The van der Waals surface area contributed by atoms with E-state index in [0.29, 0.717) is 21.0 Å². The SMILES string of the molecule is CCCc1nc(Cl)cc(NC(C)c2ccc(Cl)cc2Cl)n1. The molecule has 3 nitrogen and oxygen atoms in total. The van der Waals surface area contributed by atoms with Crippen molar-refractivity contribution in [1.29, 1.82) is 0 Å². The van der Waals surface area contributed by atoms with E-state index in [9.17, 15) is 0 Å². The van der Waals surface area contributed by atoms with Crippen molar-refractivity contribution < 1.29 is 0 Å². The summed E-state index contributed by atoms with van der Waals surface area (Å²) in [5.41, 5.74) is 0.952. The van der Waals surface area contributed by atoms with E-state index in [-0.39, 0.29) is 6.04 Å². The van der Waals surface area contributed by atoms with Crippen molar-refractivity contribution in [3.63, 3.8) is 0 Å². The molecule has 0 aliphatic carbocycles. The third-order valence-electron chi connectivity index (χ3n) is 3.01. The van der Waals surface area contributed by atoms with Crippen LogP contribution < -0.4 is 5.32 Å². The van der Waals surface area contributed by atoms with Gasteiger partial charge in [0.05, 0.1) is 6.04 Å². The van der Waals surface area contributed by atoms with E-state index in [1.807, 2.05) is 19.1 Å². The van der Waals surface area contributed by atoms with Crippen LogP contribution in [0.5, 0.6) is 0 Å². The highest BCUT2D eigenvalue weighted by atomic mass is 35.5. The first-order chi connectivity index (χ1) is 9.99. The van der Waals surface area contributed by atoms with Gasteiger partial charge in [-0.05, 0) is 31.0 Å². The van der Waals surface area contributed by atoms with E-state index in [2.05, 4.69) is 22.2 Å². The fourth-order valence-electron chi connectivity index (χ4n) is 2.03. The van der Waals surface area contributed by atoms with Gasteiger partial charge in [-0.2, -0.15) is 0 Å². The maximum atomic E-state index is 6.22. The van der Waals surface area contributed by atoms with E-state index in [0.717, 1.165) is 24.2 Å². The summed E-state index contributed by atoms with van der Waals surface area (Å²) in [7, 11) is 0. The van der Waals surface area contributed by atoms with Crippen molar-refractivity contribution in [3.8, 4) is 0 Å². The number of hydrogen-bond donors (Lipinski definition) is 1. The van der Waals surface area contributed by atoms with Gasteiger partial charge in [-0.15, -0.1) is 0 Å².